The summed E-state index contributed by atoms with van der Waals surface area (Å²) in [5.74, 6) is 2.75. The Balaban J connectivity index is 1.46. The van der Waals surface area contributed by atoms with Gasteiger partial charge >= 0.3 is 0 Å². The van der Waals surface area contributed by atoms with E-state index in [1.54, 1.807) is 23.9 Å². The molecule has 5 rings (SSSR count). The third-order valence-electron chi connectivity index (χ3n) is 4.81. The Morgan fingerprint density at radius 2 is 1.63 bits per heavy atom. The van der Waals surface area contributed by atoms with Crippen molar-refractivity contribution in [3.63, 3.8) is 0 Å². The summed E-state index contributed by atoms with van der Waals surface area (Å²) in [6.45, 7) is 0.846. The number of halogens is 1. The van der Waals surface area contributed by atoms with Gasteiger partial charge in [0.05, 0.1) is 6.54 Å². The highest BCUT2D eigenvalue weighted by Gasteiger charge is 2.18. The van der Waals surface area contributed by atoms with Gasteiger partial charge in [0.25, 0.3) is 0 Å². The van der Waals surface area contributed by atoms with Crippen molar-refractivity contribution in [2.24, 2.45) is 0 Å². The lowest BCUT2D eigenvalue weighted by Crippen LogP contribution is -2.04. The molecule has 150 valence electrons. The molecule has 7 heteroatoms. The maximum absolute atomic E-state index is 13.2. The Hall–Kier alpha value is -3.32. The molecule has 0 unspecified atom stereocenters. The molecular formula is C23H18FN3O2S. The van der Waals surface area contributed by atoms with Crippen LogP contribution in [0.3, 0.4) is 0 Å². The maximum Gasteiger partial charge on any atom is 0.231 e. The summed E-state index contributed by atoms with van der Waals surface area (Å²) in [6, 6.07) is 22.5. The van der Waals surface area contributed by atoms with Gasteiger partial charge in [-0.15, -0.1) is 10.2 Å². The molecule has 0 atom stereocenters. The lowest BCUT2D eigenvalue weighted by Gasteiger charge is -2.11. The number of fused-ring (bicyclic) bond motifs is 1. The summed E-state index contributed by atoms with van der Waals surface area (Å²) in [5, 5.41) is 9.70. The van der Waals surface area contributed by atoms with Crippen LogP contribution in [0.5, 0.6) is 11.5 Å². The van der Waals surface area contributed by atoms with E-state index in [4.69, 9.17) is 9.47 Å². The zero-order chi connectivity index (χ0) is 20.3. The van der Waals surface area contributed by atoms with Crippen LogP contribution in [-0.4, -0.2) is 21.6 Å². The second kappa shape index (κ2) is 8.20. The first-order chi connectivity index (χ1) is 14.8. The van der Waals surface area contributed by atoms with Gasteiger partial charge in [0.2, 0.25) is 6.79 Å². The minimum absolute atomic E-state index is 0.235. The first-order valence-corrected chi connectivity index (χ1v) is 10.5. The molecular weight excluding hydrogens is 401 g/mol. The van der Waals surface area contributed by atoms with Gasteiger partial charge in [0.15, 0.2) is 22.5 Å². The molecule has 1 aromatic heterocycles. The van der Waals surface area contributed by atoms with Crippen LogP contribution >= 0.6 is 11.8 Å². The Labute approximate surface area is 177 Å². The van der Waals surface area contributed by atoms with Crippen LogP contribution in [0.15, 0.2) is 78.0 Å². The van der Waals surface area contributed by atoms with Crippen molar-refractivity contribution in [2.75, 3.05) is 6.79 Å². The Morgan fingerprint density at radius 3 is 2.47 bits per heavy atom. The molecule has 0 saturated heterocycles. The van der Waals surface area contributed by atoms with E-state index in [1.807, 2.05) is 48.5 Å². The highest BCUT2D eigenvalue weighted by Crippen LogP contribution is 2.34. The van der Waals surface area contributed by atoms with Crippen LogP contribution in [0, 0.1) is 5.82 Å². The Kier molecular flexibility index (Phi) is 5.11. The quantitative estimate of drug-likeness (QED) is 0.405. The van der Waals surface area contributed by atoms with E-state index in [2.05, 4.69) is 14.8 Å². The number of nitrogens with zero attached hydrogens (tertiary/aromatic N) is 3. The molecule has 0 aliphatic carbocycles. The van der Waals surface area contributed by atoms with E-state index in [1.165, 1.54) is 12.1 Å². The first kappa shape index (κ1) is 18.7. The van der Waals surface area contributed by atoms with Gasteiger partial charge in [-0.25, -0.2) is 4.39 Å². The van der Waals surface area contributed by atoms with E-state index in [9.17, 15) is 4.39 Å². The predicted molar refractivity (Wildman–Crippen MR) is 113 cm³/mol. The van der Waals surface area contributed by atoms with Gasteiger partial charge in [0.1, 0.15) is 5.82 Å². The van der Waals surface area contributed by atoms with Crippen LogP contribution < -0.4 is 9.47 Å². The molecule has 0 bridgehead atoms. The number of thioether (sulfide) groups is 1. The second-order valence-electron chi connectivity index (χ2n) is 6.86. The van der Waals surface area contributed by atoms with Crippen LogP contribution in [0.2, 0.25) is 0 Å². The Morgan fingerprint density at radius 1 is 0.867 bits per heavy atom. The number of rotatable bonds is 6. The van der Waals surface area contributed by atoms with Crippen molar-refractivity contribution in [1.29, 1.82) is 0 Å². The molecule has 1 aliphatic rings. The van der Waals surface area contributed by atoms with E-state index in [-0.39, 0.29) is 12.6 Å². The van der Waals surface area contributed by atoms with Crippen molar-refractivity contribution in [3.8, 4) is 22.9 Å². The fourth-order valence-corrected chi connectivity index (χ4v) is 4.18. The van der Waals surface area contributed by atoms with Crippen molar-refractivity contribution in [2.45, 2.75) is 17.5 Å². The summed E-state index contributed by atoms with van der Waals surface area (Å²) >= 11 is 1.58. The number of ether oxygens (including phenoxy) is 2. The fourth-order valence-electron chi connectivity index (χ4n) is 3.29. The normalized spacial score (nSPS) is 12.3. The topological polar surface area (TPSA) is 49.2 Å². The zero-order valence-electron chi connectivity index (χ0n) is 16.0. The summed E-state index contributed by atoms with van der Waals surface area (Å²) in [5.41, 5.74) is 3.10. The van der Waals surface area contributed by atoms with E-state index < -0.39 is 0 Å². The largest absolute Gasteiger partial charge is 0.454 e. The highest BCUT2D eigenvalue weighted by molar-refractivity contribution is 7.98. The van der Waals surface area contributed by atoms with Crippen molar-refractivity contribution in [3.05, 3.63) is 89.7 Å². The second-order valence-corrected chi connectivity index (χ2v) is 7.80. The minimum atomic E-state index is -0.235. The van der Waals surface area contributed by atoms with Gasteiger partial charge in [-0.3, -0.25) is 4.57 Å². The average molecular weight is 419 g/mol. The molecule has 0 saturated carbocycles. The third-order valence-corrected chi connectivity index (χ3v) is 5.85. The molecule has 1 aliphatic heterocycles. The summed E-state index contributed by atoms with van der Waals surface area (Å²) in [6.07, 6.45) is 0. The number of hydrogen-bond acceptors (Lipinski definition) is 5. The number of hydrogen-bond donors (Lipinski definition) is 0. The molecule has 0 fully saturated rings. The summed E-state index contributed by atoms with van der Waals surface area (Å²) in [7, 11) is 0. The van der Waals surface area contributed by atoms with Gasteiger partial charge < -0.3 is 9.47 Å². The molecule has 2 heterocycles. The summed E-state index contributed by atoms with van der Waals surface area (Å²) < 4.78 is 26.2. The molecule has 30 heavy (non-hydrogen) atoms. The minimum Gasteiger partial charge on any atom is -0.454 e. The molecule has 0 spiro atoms. The zero-order valence-corrected chi connectivity index (χ0v) is 16.8. The van der Waals surface area contributed by atoms with Gasteiger partial charge in [-0.2, -0.15) is 0 Å². The lowest BCUT2D eigenvalue weighted by atomic mass is 10.2. The van der Waals surface area contributed by atoms with Crippen LogP contribution in [0.1, 0.15) is 11.1 Å². The third kappa shape index (κ3) is 3.89. The Bertz CT molecular complexity index is 1160. The monoisotopic (exact) mass is 419 g/mol. The molecule has 0 N–H and O–H groups in total. The predicted octanol–water partition coefficient (Wildman–Crippen LogP) is 5.15. The van der Waals surface area contributed by atoms with E-state index in [0.29, 0.717) is 12.3 Å². The molecule has 0 amide bonds. The smallest absolute Gasteiger partial charge is 0.231 e. The van der Waals surface area contributed by atoms with E-state index in [0.717, 1.165) is 39.2 Å². The van der Waals surface area contributed by atoms with Crippen LogP contribution in [0.25, 0.3) is 11.4 Å². The SMILES string of the molecule is Fc1ccc(CSc2nnc(-c3ccccc3)n2Cc2ccc3c(c2)OCO3)cc1. The van der Waals surface area contributed by atoms with Crippen molar-refractivity contribution >= 4 is 11.8 Å². The average Bonchev–Trinajstić information content (AvgIpc) is 3.41. The van der Waals surface area contributed by atoms with Crippen LogP contribution in [-0.2, 0) is 12.3 Å². The van der Waals surface area contributed by atoms with Gasteiger partial charge in [-0.05, 0) is 35.4 Å². The van der Waals surface area contributed by atoms with Crippen molar-refractivity contribution < 1.29 is 13.9 Å². The number of benzene rings is 3. The standard InChI is InChI=1S/C23H18FN3O2S/c24-19-9-6-16(7-10-19)14-30-23-26-25-22(18-4-2-1-3-5-18)27(23)13-17-8-11-20-21(12-17)29-15-28-20/h1-12H,13-15H2. The molecule has 5 nitrogen and oxygen atoms in total. The van der Waals surface area contributed by atoms with Crippen LogP contribution in [0.4, 0.5) is 4.39 Å². The maximum atomic E-state index is 13.2. The van der Waals surface area contributed by atoms with Gasteiger partial charge in [-0.1, -0.05) is 60.3 Å². The highest BCUT2D eigenvalue weighted by atomic mass is 32.2. The number of aromatic nitrogens is 3. The summed E-state index contributed by atoms with van der Waals surface area (Å²) in [4.78, 5) is 0. The van der Waals surface area contributed by atoms with Gasteiger partial charge in [0, 0.05) is 11.3 Å². The molecule has 4 aromatic rings. The molecule has 3 aromatic carbocycles. The lowest BCUT2D eigenvalue weighted by molar-refractivity contribution is 0.174. The first-order valence-electron chi connectivity index (χ1n) is 9.51. The van der Waals surface area contributed by atoms with E-state index >= 15 is 0 Å². The fraction of sp³-hybridized carbons (Fsp3) is 0.130. The molecule has 0 radical (unpaired) electrons. The van der Waals surface area contributed by atoms with Crippen molar-refractivity contribution in [1.82, 2.24) is 14.8 Å².